The Kier molecular flexibility index (Phi) is 3.34. The molecule has 0 atom stereocenters. The van der Waals surface area contributed by atoms with Crippen molar-refractivity contribution >= 4 is 27.7 Å². The van der Waals surface area contributed by atoms with E-state index in [0.29, 0.717) is 10.2 Å². The van der Waals surface area contributed by atoms with Crippen LogP contribution in [0.5, 0.6) is 5.75 Å². The summed E-state index contributed by atoms with van der Waals surface area (Å²) in [6, 6.07) is 7.04. The summed E-state index contributed by atoms with van der Waals surface area (Å²) in [5.41, 5.74) is 5.48. The molecule has 2 N–H and O–H groups in total. The Hall–Kier alpha value is -1.95. The first-order valence-electron chi connectivity index (χ1n) is 4.71. The largest absolute Gasteiger partial charge is 0.421 e. The van der Waals surface area contributed by atoms with Crippen LogP contribution in [-0.4, -0.2) is 15.9 Å². The monoisotopic (exact) mass is 293 g/mol. The molecule has 0 bridgehead atoms. The molecule has 0 radical (unpaired) electrons. The van der Waals surface area contributed by atoms with E-state index in [0.717, 1.165) is 0 Å². The lowest BCUT2D eigenvalue weighted by Crippen LogP contribution is -2.11. The number of halogens is 1. The fraction of sp³-hybridized carbons (Fsp3) is 0. The van der Waals surface area contributed by atoms with Gasteiger partial charge in [0.25, 0.3) is 0 Å². The first-order chi connectivity index (χ1) is 8.16. The predicted molar refractivity (Wildman–Crippen MR) is 65.5 cm³/mol. The number of para-hydroxylation sites is 1. The van der Waals surface area contributed by atoms with Gasteiger partial charge in [0.15, 0.2) is 5.69 Å². The number of carbonyl (C=O) groups excluding carboxylic acids is 1. The van der Waals surface area contributed by atoms with Gasteiger partial charge >= 0.3 is 5.97 Å². The van der Waals surface area contributed by atoms with Gasteiger partial charge < -0.3 is 10.5 Å². The molecular formula is C11H8BrN3O2. The van der Waals surface area contributed by atoms with Crippen LogP contribution in [-0.2, 0) is 0 Å². The van der Waals surface area contributed by atoms with Gasteiger partial charge in [0.2, 0.25) is 0 Å². The average Bonchev–Trinajstić information content (AvgIpc) is 2.33. The summed E-state index contributed by atoms with van der Waals surface area (Å²) in [6.07, 6.45) is 2.57. The molecule has 0 saturated carbocycles. The number of esters is 1. The van der Waals surface area contributed by atoms with Crippen LogP contribution in [0.15, 0.2) is 41.1 Å². The van der Waals surface area contributed by atoms with Gasteiger partial charge in [-0.05, 0) is 28.1 Å². The fourth-order valence-corrected chi connectivity index (χ4v) is 1.49. The third-order valence-electron chi connectivity index (χ3n) is 1.92. The number of rotatable bonds is 2. The van der Waals surface area contributed by atoms with Crippen LogP contribution >= 0.6 is 15.9 Å². The van der Waals surface area contributed by atoms with Gasteiger partial charge in [-0.1, -0.05) is 12.1 Å². The molecule has 0 aliphatic rings. The number of carbonyl (C=O) groups is 1. The molecule has 2 rings (SSSR count). The van der Waals surface area contributed by atoms with E-state index in [1.807, 2.05) is 6.07 Å². The molecule has 2 aromatic rings. The Labute approximate surface area is 106 Å². The molecule has 0 amide bonds. The molecule has 1 aromatic carbocycles. The van der Waals surface area contributed by atoms with E-state index in [-0.39, 0.29) is 11.5 Å². The zero-order valence-electron chi connectivity index (χ0n) is 8.63. The van der Waals surface area contributed by atoms with Crippen molar-refractivity contribution in [1.29, 1.82) is 0 Å². The quantitative estimate of drug-likeness (QED) is 0.677. The summed E-state index contributed by atoms with van der Waals surface area (Å²) < 4.78 is 5.83. The number of ether oxygens (including phenoxy) is 1. The predicted octanol–water partition coefficient (Wildman–Crippen LogP) is 2.04. The highest BCUT2D eigenvalue weighted by atomic mass is 79.9. The van der Waals surface area contributed by atoms with E-state index in [1.165, 1.54) is 12.4 Å². The zero-order chi connectivity index (χ0) is 12.3. The van der Waals surface area contributed by atoms with Crippen molar-refractivity contribution in [3.63, 3.8) is 0 Å². The molecule has 1 heterocycles. The van der Waals surface area contributed by atoms with Crippen molar-refractivity contribution in [3.8, 4) is 5.75 Å². The molecule has 6 heteroatoms. The highest BCUT2D eigenvalue weighted by molar-refractivity contribution is 9.10. The van der Waals surface area contributed by atoms with Crippen molar-refractivity contribution < 1.29 is 9.53 Å². The second-order valence-electron chi connectivity index (χ2n) is 3.15. The van der Waals surface area contributed by atoms with Crippen LogP contribution in [0.25, 0.3) is 0 Å². The van der Waals surface area contributed by atoms with Gasteiger partial charge in [0, 0.05) is 0 Å². The van der Waals surface area contributed by atoms with Gasteiger partial charge in [-0.15, -0.1) is 0 Å². The van der Waals surface area contributed by atoms with Gasteiger partial charge in [0.05, 0.1) is 16.9 Å². The first-order valence-corrected chi connectivity index (χ1v) is 5.50. The minimum absolute atomic E-state index is 0.106. The average molecular weight is 294 g/mol. The lowest BCUT2D eigenvalue weighted by Gasteiger charge is -2.05. The Morgan fingerprint density at radius 2 is 2.00 bits per heavy atom. The normalized spacial score (nSPS) is 9.94. The Bertz CT molecular complexity index is 543. The lowest BCUT2D eigenvalue weighted by molar-refractivity contribution is 0.0727. The smallest absolute Gasteiger partial charge is 0.363 e. The number of aromatic nitrogens is 2. The molecule has 86 valence electrons. The molecule has 0 unspecified atom stereocenters. The molecule has 0 aliphatic carbocycles. The summed E-state index contributed by atoms with van der Waals surface area (Å²) >= 11 is 3.28. The van der Waals surface area contributed by atoms with Crippen LogP contribution < -0.4 is 10.5 Å². The van der Waals surface area contributed by atoms with Crippen molar-refractivity contribution in [2.75, 3.05) is 5.73 Å². The summed E-state index contributed by atoms with van der Waals surface area (Å²) in [4.78, 5) is 19.3. The minimum Gasteiger partial charge on any atom is -0.421 e. The second kappa shape index (κ2) is 4.92. The minimum atomic E-state index is -0.579. The first kappa shape index (κ1) is 11.5. The highest BCUT2D eigenvalue weighted by Gasteiger charge is 2.12. The van der Waals surface area contributed by atoms with E-state index in [9.17, 15) is 4.79 Å². The van der Waals surface area contributed by atoms with Crippen LogP contribution in [0.2, 0.25) is 0 Å². The number of nitrogens with two attached hydrogens (primary N) is 1. The number of anilines is 1. The zero-order valence-corrected chi connectivity index (χ0v) is 10.2. The molecule has 0 saturated heterocycles. The van der Waals surface area contributed by atoms with Crippen molar-refractivity contribution in [3.05, 3.63) is 46.8 Å². The Morgan fingerprint density at radius 1 is 1.24 bits per heavy atom. The topological polar surface area (TPSA) is 78.1 Å². The maximum Gasteiger partial charge on any atom is 0.363 e. The van der Waals surface area contributed by atoms with Gasteiger partial charge in [0.1, 0.15) is 11.6 Å². The van der Waals surface area contributed by atoms with Crippen molar-refractivity contribution in [2.24, 2.45) is 0 Å². The van der Waals surface area contributed by atoms with Crippen LogP contribution in [0.1, 0.15) is 10.5 Å². The van der Waals surface area contributed by atoms with Crippen molar-refractivity contribution in [2.45, 2.75) is 0 Å². The Morgan fingerprint density at radius 3 is 2.65 bits per heavy atom. The summed E-state index contributed by atoms with van der Waals surface area (Å²) in [5.74, 6) is 0.1000. The molecule has 0 spiro atoms. The van der Waals surface area contributed by atoms with Crippen LogP contribution in [0.3, 0.4) is 0 Å². The van der Waals surface area contributed by atoms with Gasteiger partial charge in [-0.25, -0.2) is 14.8 Å². The number of benzene rings is 1. The van der Waals surface area contributed by atoms with Crippen LogP contribution in [0, 0.1) is 0 Å². The number of nitrogens with zero attached hydrogens (tertiary/aromatic N) is 2. The standard InChI is InChI=1S/C11H8BrN3O2/c12-7-3-1-2-4-9(7)17-11(16)8-5-15-10(13)6-14-8/h1-6H,(H2,13,15). The SMILES string of the molecule is Nc1cnc(C(=O)Oc2ccccc2Br)cn1. The number of hydrogen-bond donors (Lipinski definition) is 1. The maximum atomic E-state index is 11.7. The molecule has 1 aromatic heterocycles. The van der Waals surface area contributed by atoms with Gasteiger partial charge in [-0.2, -0.15) is 0 Å². The maximum absolute atomic E-state index is 11.7. The van der Waals surface area contributed by atoms with E-state index in [1.54, 1.807) is 18.2 Å². The third kappa shape index (κ3) is 2.79. The van der Waals surface area contributed by atoms with E-state index in [4.69, 9.17) is 10.5 Å². The number of hydrogen-bond acceptors (Lipinski definition) is 5. The summed E-state index contributed by atoms with van der Waals surface area (Å²) in [5, 5.41) is 0. The van der Waals surface area contributed by atoms with Crippen molar-refractivity contribution in [1.82, 2.24) is 9.97 Å². The Balaban J connectivity index is 2.17. The summed E-state index contributed by atoms with van der Waals surface area (Å²) in [6.45, 7) is 0. The van der Waals surface area contributed by atoms with Gasteiger partial charge in [-0.3, -0.25) is 0 Å². The molecule has 17 heavy (non-hydrogen) atoms. The summed E-state index contributed by atoms with van der Waals surface area (Å²) in [7, 11) is 0. The number of nitrogen functional groups attached to an aromatic ring is 1. The van der Waals surface area contributed by atoms with Crippen LogP contribution in [0.4, 0.5) is 5.82 Å². The second-order valence-corrected chi connectivity index (χ2v) is 4.00. The lowest BCUT2D eigenvalue weighted by atomic mass is 10.3. The molecule has 5 nitrogen and oxygen atoms in total. The molecule has 0 fully saturated rings. The van der Waals surface area contributed by atoms with E-state index >= 15 is 0 Å². The fourth-order valence-electron chi connectivity index (χ4n) is 1.12. The molecule has 0 aliphatic heterocycles. The highest BCUT2D eigenvalue weighted by Crippen LogP contribution is 2.24. The molecular weight excluding hydrogens is 286 g/mol. The van der Waals surface area contributed by atoms with E-state index in [2.05, 4.69) is 25.9 Å². The third-order valence-corrected chi connectivity index (χ3v) is 2.58. The van der Waals surface area contributed by atoms with E-state index < -0.39 is 5.97 Å².